The molecule has 0 bridgehead atoms. The Bertz CT molecular complexity index is 1430. The van der Waals surface area contributed by atoms with Gasteiger partial charge in [0, 0.05) is 18.5 Å². The number of hydrogen-bond acceptors (Lipinski definition) is 7. The molecule has 3 N–H and O–H groups in total. The number of nitro benzene ring substituents is 1. The smallest absolute Gasteiger partial charge is 0.414 e. The van der Waals surface area contributed by atoms with Gasteiger partial charge in [-0.2, -0.15) is 0 Å². The predicted molar refractivity (Wildman–Crippen MR) is 129 cm³/mol. The van der Waals surface area contributed by atoms with Crippen molar-refractivity contribution in [3.63, 3.8) is 0 Å². The Kier molecular flexibility index (Phi) is 6.73. The molecule has 0 unspecified atom stereocenters. The van der Waals surface area contributed by atoms with Gasteiger partial charge in [0.1, 0.15) is 12.3 Å². The number of anilines is 1. The average Bonchev–Trinajstić information content (AvgIpc) is 3.15. The third kappa shape index (κ3) is 4.90. The average molecular weight is 512 g/mol. The highest BCUT2D eigenvalue weighted by Gasteiger charge is 2.32. The Morgan fingerprint density at radius 2 is 1.61 bits per heavy atom. The van der Waals surface area contributed by atoms with Gasteiger partial charge < -0.3 is 9.84 Å². The lowest BCUT2D eigenvalue weighted by Gasteiger charge is -2.23. The quantitative estimate of drug-likeness (QED) is 0.342. The SMILES string of the molecule is NS(=O)(=O)c1ccc(N(CCC(=O)O)C(=O)OCC2c3ccccc3-c3ccccc32)c([N+](=O)[O-])c1. The first kappa shape index (κ1) is 24.8. The second-order valence-corrected chi connectivity index (χ2v) is 9.61. The summed E-state index contributed by atoms with van der Waals surface area (Å²) < 4.78 is 28.9. The number of carbonyl (C=O) groups excluding carboxylic acids is 1. The van der Waals surface area contributed by atoms with E-state index in [4.69, 9.17) is 15.0 Å². The van der Waals surface area contributed by atoms with Crippen LogP contribution in [0, 0.1) is 10.1 Å². The Morgan fingerprint density at radius 1 is 1.03 bits per heavy atom. The highest BCUT2D eigenvalue weighted by Crippen LogP contribution is 2.44. The topological polar surface area (TPSA) is 170 Å². The van der Waals surface area contributed by atoms with Gasteiger partial charge in [-0.1, -0.05) is 48.5 Å². The van der Waals surface area contributed by atoms with E-state index in [9.17, 15) is 28.1 Å². The summed E-state index contributed by atoms with van der Waals surface area (Å²) in [6.45, 7) is -0.541. The summed E-state index contributed by atoms with van der Waals surface area (Å²) in [5, 5.41) is 25.9. The highest BCUT2D eigenvalue weighted by atomic mass is 32.2. The lowest BCUT2D eigenvalue weighted by atomic mass is 9.98. The van der Waals surface area contributed by atoms with Crippen molar-refractivity contribution in [1.82, 2.24) is 0 Å². The van der Waals surface area contributed by atoms with E-state index in [0.717, 1.165) is 45.4 Å². The fourth-order valence-corrected chi connectivity index (χ4v) is 4.78. The van der Waals surface area contributed by atoms with Gasteiger partial charge in [-0.25, -0.2) is 18.4 Å². The number of benzene rings is 3. The van der Waals surface area contributed by atoms with Gasteiger partial charge in [0.15, 0.2) is 0 Å². The van der Waals surface area contributed by atoms with Crippen LogP contribution in [0.2, 0.25) is 0 Å². The molecular formula is C24H21N3O8S. The normalized spacial score (nSPS) is 12.5. The summed E-state index contributed by atoms with van der Waals surface area (Å²) in [5.74, 6) is -1.53. The maximum atomic E-state index is 13.1. The van der Waals surface area contributed by atoms with Crippen molar-refractivity contribution < 1.29 is 32.8 Å². The first-order valence-corrected chi connectivity index (χ1v) is 12.3. The van der Waals surface area contributed by atoms with Crippen LogP contribution < -0.4 is 10.0 Å². The van der Waals surface area contributed by atoms with Gasteiger partial charge in [-0.15, -0.1) is 0 Å². The Morgan fingerprint density at radius 3 is 2.14 bits per heavy atom. The summed E-state index contributed by atoms with van der Waals surface area (Å²) in [4.78, 5) is 35.4. The molecule has 4 rings (SSSR count). The van der Waals surface area contributed by atoms with Crippen LogP contribution in [0.5, 0.6) is 0 Å². The summed E-state index contributed by atoms with van der Waals surface area (Å²) in [6.07, 6.45) is -1.54. The number of primary sulfonamides is 1. The number of nitrogens with zero attached hydrogens (tertiary/aromatic N) is 2. The minimum atomic E-state index is -4.26. The maximum absolute atomic E-state index is 13.1. The molecule has 3 aromatic rings. The zero-order valence-corrected chi connectivity index (χ0v) is 19.6. The summed E-state index contributed by atoms with van der Waals surface area (Å²) in [6, 6.07) is 18.1. The number of carboxylic acid groups (broad SMARTS) is 1. The molecule has 1 aliphatic rings. The van der Waals surface area contributed by atoms with Crippen molar-refractivity contribution in [2.45, 2.75) is 17.2 Å². The second-order valence-electron chi connectivity index (χ2n) is 8.05. The molecule has 3 aromatic carbocycles. The van der Waals surface area contributed by atoms with E-state index < -0.39 is 50.6 Å². The van der Waals surface area contributed by atoms with Gasteiger partial charge in [0.2, 0.25) is 10.0 Å². The van der Waals surface area contributed by atoms with Crippen molar-refractivity contribution in [3.8, 4) is 11.1 Å². The lowest BCUT2D eigenvalue weighted by Crippen LogP contribution is -2.35. The molecule has 0 saturated carbocycles. The lowest BCUT2D eigenvalue weighted by molar-refractivity contribution is -0.384. The number of nitro groups is 1. The summed E-state index contributed by atoms with van der Waals surface area (Å²) >= 11 is 0. The largest absolute Gasteiger partial charge is 0.481 e. The van der Waals surface area contributed by atoms with Crippen LogP contribution in [-0.2, 0) is 19.6 Å². The fourth-order valence-electron chi connectivity index (χ4n) is 4.24. The second kappa shape index (κ2) is 9.76. The van der Waals surface area contributed by atoms with E-state index in [2.05, 4.69) is 0 Å². The molecule has 12 heteroatoms. The minimum absolute atomic E-state index is 0.0977. The molecule has 1 aliphatic carbocycles. The molecule has 1 amide bonds. The molecule has 0 fully saturated rings. The third-order valence-corrected chi connectivity index (χ3v) is 6.78. The Hall–Kier alpha value is -4.29. The summed E-state index contributed by atoms with van der Waals surface area (Å²) in [7, 11) is -4.26. The number of ether oxygens (including phenoxy) is 1. The molecular weight excluding hydrogens is 490 g/mol. The molecule has 0 spiro atoms. The van der Waals surface area contributed by atoms with E-state index >= 15 is 0 Å². The third-order valence-electron chi connectivity index (χ3n) is 5.87. The van der Waals surface area contributed by atoms with E-state index in [0.29, 0.717) is 0 Å². The fraction of sp³-hybridized carbons (Fsp3) is 0.167. The standard InChI is InChI=1S/C24H21N3O8S/c25-36(33,34)15-9-10-21(22(13-15)27(31)32)26(12-11-23(28)29)24(30)35-14-20-18-7-3-1-5-16(18)17-6-2-4-8-19(17)20/h1-10,13,20H,11-12,14H2,(H,28,29)(H2,25,33,34). The first-order chi connectivity index (χ1) is 17.1. The van der Waals surface area contributed by atoms with Crippen molar-refractivity contribution in [3.05, 3.63) is 88.0 Å². The summed E-state index contributed by atoms with van der Waals surface area (Å²) in [5.41, 5.74) is 2.86. The maximum Gasteiger partial charge on any atom is 0.414 e. The van der Waals surface area contributed by atoms with Crippen LogP contribution in [0.3, 0.4) is 0 Å². The van der Waals surface area contributed by atoms with Gasteiger partial charge in [-0.3, -0.25) is 19.8 Å². The molecule has 11 nitrogen and oxygen atoms in total. The van der Waals surface area contributed by atoms with Crippen LogP contribution in [0.4, 0.5) is 16.2 Å². The highest BCUT2D eigenvalue weighted by molar-refractivity contribution is 7.89. The molecule has 0 heterocycles. The predicted octanol–water partition coefficient (Wildman–Crippen LogP) is 3.47. The van der Waals surface area contributed by atoms with Crippen LogP contribution in [-0.4, -0.2) is 43.7 Å². The zero-order chi connectivity index (χ0) is 26.0. The number of rotatable bonds is 8. The molecule has 0 radical (unpaired) electrons. The van der Waals surface area contributed by atoms with Crippen LogP contribution in [0.25, 0.3) is 11.1 Å². The van der Waals surface area contributed by atoms with Gasteiger partial charge in [0.25, 0.3) is 5.69 Å². The molecule has 0 aliphatic heterocycles. The first-order valence-electron chi connectivity index (χ1n) is 10.7. The molecule has 0 aromatic heterocycles. The van der Waals surface area contributed by atoms with E-state index in [1.165, 1.54) is 0 Å². The number of hydrogen-bond donors (Lipinski definition) is 2. The number of nitrogens with two attached hydrogens (primary N) is 1. The number of fused-ring (bicyclic) bond motifs is 3. The van der Waals surface area contributed by atoms with E-state index in [-0.39, 0.29) is 18.2 Å². The monoisotopic (exact) mass is 511 g/mol. The van der Waals surface area contributed by atoms with Crippen molar-refractivity contribution in [1.29, 1.82) is 0 Å². The van der Waals surface area contributed by atoms with Crippen molar-refractivity contribution in [2.75, 3.05) is 18.1 Å². The van der Waals surface area contributed by atoms with Crippen LogP contribution in [0.1, 0.15) is 23.5 Å². The number of carbonyl (C=O) groups is 2. The van der Waals surface area contributed by atoms with E-state index in [1.54, 1.807) is 0 Å². The Labute approximate surface area is 205 Å². The Balaban J connectivity index is 1.65. The van der Waals surface area contributed by atoms with Crippen molar-refractivity contribution in [2.24, 2.45) is 5.14 Å². The van der Waals surface area contributed by atoms with Crippen LogP contribution >= 0.6 is 0 Å². The number of amides is 1. The molecule has 0 atom stereocenters. The molecule has 186 valence electrons. The minimum Gasteiger partial charge on any atom is -0.481 e. The zero-order valence-electron chi connectivity index (χ0n) is 18.7. The van der Waals surface area contributed by atoms with Gasteiger partial charge in [-0.05, 0) is 34.4 Å². The molecule has 36 heavy (non-hydrogen) atoms. The number of aliphatic carboxylic acids is 1. The van der Waals surface area contributed by atoms with Crippen LogP contribution in [0.15, 0.2) is 71.6 Å². The number of carboxylic acids is 1. The van der Waals surface area contributed by atoms with Gasteiger partial charge >= 0.3 is 12.1 Å². The van der Waals surface area contributed by atoms with Crippen molar-refractivity contribution >= 4 is 33.5 Å². The van der Waals surface area contributed by atoms with Gasteiger partial charge in [0.05, 0.1) is 16.2 Å². The molecule has 0 saturated heterocycles. The number of sulfonamides is 1. The van der Waals surface area contributed by atoms with E-state index in [1.807, 2.05) is 48.5 Å².